The third kappa shape index (κ3) is 8.24. The summed E-state index contributed by atoms with van der Waals surface area (Å²) >= 11 is 0. The summed E-state index contributed by atoms with van der Waals surface area (Å²) < 4.78 is 0. The second-order valence-corrected chi connectivity index (χ2v) is 5.12. The lowest BCUT2D eigenvalue weighted by Crippen LogP contribution is -2.26. The molecular formula is C15H28N2. The average molecular weight is 236 g/mol. The maximum absolute atomic E-state index is 5.36. The molecule has 0 aliphatic heterocycles. The predicted octanol–water partition coefficient (Wildman–Crippen LogP) is 2.64. The summed E-state index contributed by atoms with van der Waals surface area (Å²) in [5, 5.41) is 3.56. The van der Waals surface area contributed by atoms with E-state index in [0.717, 1.165) is 19.1 Å². The van der Waals surface area contributed by atoms with Crippen molar-refractivity contribution < 1.29 is 0 Å². The molecule has 17 heavy (non-hydrogen) atoms. The van der Waals surface area contributed by atoms with Crippen molar-refractivity contribution in [2.45, 2.75) is 57.9 Å². The van der Waals surface area contributed by atoms with Gasteiger partial charge in [0.1, 0.15) is 0 Å². The largest absolute Gasteiger partial charge is 0.314 e. The zero-order chi connectivity index (χ0) is 12.3. The number of terminal acetylenes is 1. The summed E-state index contributed by atoms with van der Waals surface area (Å²) in [5.74, 6) is 2.75. The Morgan fingerprint density at radius 3 is 2.59 bits per heavy atom. The van der Waals surface area contributed by atoms with E-state index in [1.807, 2.05) is 0 Å². The molecular weight excluding hydrogens is 208 g/mol. The van der Waals surface area contributed by atoms with Gasteiger partial charge in [-0.2, -0.15) is 0 Å². The first-order chi connectivity index (χ1) is 8.36. The molecule has 0 aromatic heterocycles. The fourth-order valence-electron chi connectivity index (χ4n) is 2.12. The third-order valence-electron chi connectivity index (χ3n) is 3.27. The molecule has 0 spiro atoms. The van der Waals surface area contributed by atoms with E-state index in [4.69, 9.17) is 6.42 Å². The minimum atomic E-state index is 0.817. The summed E-state index contributed by atoms with van der Waals surface area (Å²) in [6.07, 6.45) is 14.7. The molecule has 0 atom stereocenters. The van der Waals surface area contributed by atoms with Gasteiger partial charge in [0.05, 0.1) is 6.54 Å². The van der Waals surface area contributed by atoms with Gasteiger partial charge in [0.2, 0.25) is 0 Å². The van der Waals surface area contributed by atoms with Crippen LogP contribution in [-0.4, -0.2) is 37.1 Å². The van der Waals surface area contributed by atoms with E-state index in [2.05, 4.69) is 23.1 Å². The molecule has 0 aromatic rings. The van der Waals surface area contributed by atoms with Crippen molar-refractivity contribution >= 4 is 0 Å². The van der Waals surface area contributed by atoms with Crippen molar-refractivity contribution in [3.8, 4) is 12.3 Å². The predicted molar refractivity (Wildman–Crippen MR) is 75.1 cm³/mol. The van der Waals surface area contributed by atoms with Gasteiger partial charge in [-0.15, -0.1) is 6.42 Å². The second-order valence-electron chi connectivity index (χ2n) is 5.12. The fourth-order valence-corrected chi connectivity index (χ4v) is 2.12. The van der Waals surface area contributed by atoms with Gasteiger partial charge in [0, 0.05) is 6.04 Å². The van der Waals surface area contributed by atoms with E-state index in [9.17, 15) is 0 Å². The first kappa shape index (κ1) is 14.5. The molecule has 0 radical (unpaired) electrons. The lowest BCUT2D eigenvalue weighted by molar-refractivity contribution is 0.299. The summed E-state index contributed by atoms with van der Waals surface area (Å²) in [6, 6.07) is 0.866. The lowest BCUT2D eigenvalue weighted by atomic mass is 10.2. The van der Waals surface area contributed by atoms with E-state index in [1.165, 1.54) is 58.0 Å². The van der Waals surface area contributed by atoms with Crippen molar-refractivity contribution in [3.05, 3.63) is 0 Å². The molecule has 1 N–H and O–H groups in total. The minimum Gasteiger partial charge on any atom is -0.314 e. The van der Waals surface area contributed by atoms with Crippen molar-refractivity contribution in [1.82, 2.24) is 10.2 Å². The fraction of sp³-hybridized carbons (Fsp3) is 0.867. The van der Waals surface area contributed by atoms with Gasteiger partial charge in [-0.05, 0) is 51.7 Å². The van der Waals surface area contributed by atoms with Crippen LogP contribution in [0.25, 0.3) is 0 Å². The molecule has 1 aliphatic carbocycles. The van der Waals surface area contributed by atoms with Crippen LogP contribution in [0.15, 0.2) is 0 Å². The Morgan fingerprint density at radius 1 is 1.18 bits per heavy atom. The average Bonchev–Trinajstić information content (AvgIpc) is 3.12. The molecule has 0 saturated heterocycles. The molecule has 2 heteroatoms. The van der Waals surface area contributed by atoms with Crippen LogP contribution >= 0.6 is 0 Å². The molecule has 1 aliphatic rings. The zero-order valence-electron chi connectivity index (χ0n) is 11.4. The summed E-state index contributed by atoms with van der Waals surface area (Å²) in [6.45, 7) is 6.57. The van der Waals surface area contributed by atoms with E-state index in [1.54, 1.807) is 0 Å². The van der Waals surface area contributed by atoms with Gasteiger partial charge < -0.3 is 5.32 Å². The highest BCUT2D eigenvalue weighted by atomic mass is 15.1. The molecule has 1 rings (SSSR count). The highest BCUT2D eigenvalue weighted by Gasteiger charge is 2.19. The number of hydrogen-bond acceptors (Lipinski definition) is 2. The van der Waals surface area contributed by atoms with Crippen LogP contribution in [0.3, 0.4) is 0 Å². The van der Waals surface area contributed by atoms with Crippen LogP contribution in [0.4, 0.5) is 0 Å². The quantitative estimate of drug-likeness (QED) is 0.438. The van der Waals surface area contributed by atoms with Gasteiger partial charge in [-0.1, -0.05) is 25.7 Å². The Morgan fingerprint density at radius 2 is 1.94 bits per heavy atom. The van der Waals surface area contributed by atoms with E-state index < -0.39 is 0 Å². The van der Waals surface area contributed by atoms with E-state index in [0.29, 0.717) is 0 Å². The molecule has 0 amide bonds. The second kappa shape index (κ2) is 9.50. The third-order valence-corrected chi connectivity index (χ3v) is 3.27. The molecule has 2 nitrogen and oxygen atoms in total. The lowest BCUT2D eigenvalue weighted by Gasteiger charge is -2.18. The van der Waals surface area contributed by atoms with Crippen molar-refractivity contribution in [2.24, 2.45) is 0 Å². The Balaban J connectivity index is 1.85. The molecule has 0 heterocycles. The monoisotopic (exact) mass is 236 g/mol. The Kier molecular flexibility index (Phi) is 8.13. The molecule has 0 aromatic carbocycles. The normalized spacial score (nSPS) is 15.1. The summed E-state index contributed by atoms with van der Waals surface area (Å²) in [4.78, 5) is 2.39. The van der Waals surface area contributed by atoms with Crippen LogP contribution in [0, 0.1) is 12.3 Å². The summed E-state index contributed by atoms with van der Waals surface area (Å²) in [7, 11) is 0. The molecule has 0 unspecified atom stereocenters. The first-order valence-electron chi connectivity index (χ1n) is 7.26. The van der Waals surface area contributed by atoms with Crippen molar-refractivity contribution in [2.75, 3.05) is 26.2 Å². The number of hydrogen-bond donors (Lipinski definition) is 1. The minimum absolute atomic E-state index is 0.817. The van der Waals surface area contributed by atoms with Crippen LogP contribution in [0.5, 0.6) is 0 Å². The topological polar surface area (TPSA) is 15.3 Å². The maximum atomic E-state index is 5.36. The molecule has 1 saturated carbocycles. The highest BCUT2D eigenvalue weighted by Crippen LogP contribution is 2.18. The first-order valence-corrected chi connectivity index (χ1v) is 7.26. The standard InChI is InChI=1S/C15H28N2/c1-3-12-17(13-4-2)14-8-6-5-7-11-16-15-9-10-15/h1,15-16H,4-14H2,2H3. The van der Waals surface area contributed by atoms with Crippen LogP contribution in [-0.2, 0) is 0 Å². The van der Waals surface area contributed by atoms with Gasteiger partial charge >= 0.3 is 0 Å². The van der Waals surface area contributed by atoms with Gasteiger partial charge in [0.15, 0.2) is 0 Å². The van der Waals surface area contributed by atoms with Gasteiger partial charge in [-0.3, -0.25) is 4.90 Å². The highest BCUT2D eigenvalue weighted by molar-refractivity contribution is 4.88. The SMILES string of the molecule is C#CCN(CCC)CCCCCCNC1CC1. The van der Waals surface area contributed by atoms with E-state index >= 15 is 0 Å². The Bertz CT molecular complexity index is 215. The van der Waals surface area contributed by atoms with Crippen LogP contribution in [0.2, 0.25) is 0 Å². The Labute approximate surface area is 107 Å². The zero-order valence-corrected chi connectivity index (χ0v) is 11.4. The molecule has 1 fully saturated rings. The van der Waals surface area contributed by atoms with Crippen molar-refractivity contribution in [1.29, 1.82) is 0 Å². The Hall–Kier alpha value is -0.520. The number of rotatable bonds is 11. The van der Waals surface area contributed by atoms with Crippen LogP contribution in [0.1, 0.15) is 51.9 Å². The summed E-state index contributed by atoms with van der Waals surface area (Å²) in [5.41, 5.74) is 0. The maximum Gasteiger partial charge on any atom is 0.0598 e. The smallest absolute Gasteiger partial charge is 0.0598 e. The van der Waals surface area contributed by atoms with Gasteiger partial charge in [0.25, 0.3) is 0 Å². The number of unbranched alkanes of at least 4 members (excludes halogenated alkanes) is 3. The number of nitrogens with zero attached hydrogens (tertiary/aromatic N) is 1. The van der Waals surface area contributed by atoms with Crippen LogP contribution < -0.4 is 5.32 Å². The number of nitrogens with one attached hydrogen (secondary N) is 1. The van der Waals surface area contributed by atoms with Gasteiger partial charge in [-0.25, -0.2) is 0 Å². The van der Waals surface area contributed by atoms with E-state index in [-0.39, 0.29) is 0 Å². The molecule has 98 valence electrons. The van der Waals surface area contributed by atoms with Crippen molar-refractivity contribution in [3.63, 3.8) is 0 Å². The molecule has 0 bridgehead atoms.